The molecule has 0 saturated carbocycles. The molecule has 1 aliphatic rings. The van der Waals surface area contributed by atoms with Crippen molar-refractivity contribution in [1.29, 1.82) is 0 Å². The molecule has 3 aromatic heterocycles. The van der Waals surface area contributed by atoms with Gasteiger partial charge in [0.2, 0.25) is 5.88 Å². The van der Waals surface area contributed by atoms with E-state index in [1.54, 1.807) is 31.2 Å². The van der Waals surface area contributed by atoms with Crippen LogP contribution in [0.5, 0.6) is 11.6 Å². The average molecular weight is 605 g/mol. The van der Waals surface area contributed by atoms with Crippen molar-refractivity contribution >= 4 is 22.6 Å². The zero-order valence-electron chi connectivity index (χ0n) is 24.5. The molecule has 0 atom stereocenters. The number of ether oxygens (including phenoxy) is 1. The van der Waals surface area contributed by atoms with Crippen molar-refractivity contribution in [2.45, 2.75) is 19.6 Å². The molecule has 0 unspecified atom stereocenters. The molecule has 12 heteroatoms. The number of nitrogens with zero attached hydrogens (tertiary/aromatic N) is 5. The summed E-state index contributed by atoms with van der Waals surface area (Å²) < 4.78 is 55.5. The molecule has 228 valence electrons. The van der Waals surface area contributed by atoms with Gasteiger partial charge in [0.1, 0.15) is 17.5 Å². The van der Waals surface area contributed by atoms with E-state index in [9.17, 15) is 18.0 Å². The lowest BCUT2D eigenvalue weighted by Crippen LogP contribution is -2.44. The summed E-state index contributed by atoms with van der Waals surface area (Å²) in [4.78, 5) is 26.6. The van der Waals surface area contributed by atoms with E-state index < -0.39 is 17.6 Å². The quantitative estimate of drug-likeness (QED) is 0.232. The van der Waals surface area contributed by atoms with Crippen LogP contribution in [0.2, 0.25) is 0 Å². The SMILES string of the molecule is Cc1ccc(Oc2nc(-c3ccoc3)nc3ccn(C)c23)cc1NC(=O)c1ccc(CN2CCN(C)CC2)c(C(F)(F)F)c1. The fourth-order valence-corrected chi connectivity index (χ4v) is 5.22. The largest absolute Gasteiger partial charge is 0.472 e. The van der Waals surface area contributed by atoms with Crippen LogP contribution in [0, 0.1) is 6.92 Å². The van der Waals surface area contributed by atoms with Crippen LogP contribution >= 0.6 is 0 Å². The highest BCUT2D eigenvalue weighted by Gasteiger charge is 2.34. The number of aryl methyl sites for hydroxylation is 2. The van der Waals surface area contributed by atoms with E-state index in [-0.39, 0.29) is 17.7 Å². The van der Waals surface area contributed by atoms with E-state index >= 15 is 0 Å². The lowest BCUT2D eigenvalue weighted by atomic mass is 10.0. The van der Waals surface area contributed by atoms with Crippen LogP contribution < -0.4 is 10.1 Å². The van der Waals surface area contributed by atoms with Crippen LogP contribution in [-0.4, -0.2) is 63.5 Å². The highest BCUT2D eigenvalue weighted by atomic mass is 19.4. The second-order valence-corrected chi connectivity index (χ2v) is 11.0. The van der Waals surface area contributed by atoms with Crippen molar-refractivity contribution in [3.8, 4) is 23.0 Å². The van der Waals surface area contributed by atoms with E-state index in [1.807, 2.05) is 35.8 Å². The lowest BCUT2D eigenvalue weighted by molar-refractivity contribution is -0.138. The van der Waals surface area contributed by atoms with Crippen molar-refractivity contribution in [3.63, 3.8) is 0 Å². The number of aromatic nitrogens is 3. The zero-order valence-corrected chi connectivity index (χ0v) is 24.5. The van der Waals surface area contributed by atoms with Crippen LogP contribution in [0.3, 0.4) is 0 Å². The molecular weight excluding hydrogens is 573 g/mol. The molecule has 1 saturated heterocycles. The Morgan fingerprint density at radius 3 is 2.55 bits per heavy atom. The summed E-state index contributed by atoms with van der Waals surface area (Å²) in [5, 5.41) is 2.76. The summed E-state index contributed by atoms with van der Waals surface area (Å²) in [6.07, 6.45) is 0.313. The molecule has 6 rings (SSSR count). The standard InChI is InChI=1S/C32H31F3N6O3/c1-20-4-7-24(44-31-28-26(8-10-40(28)3)36-29(38-31)23-9-15-43-19-23)17-27(20)37-30(42)21-5-6-22(25(16-21)32(33,34)35)18-41-13-11-39(2)12-14-41/h4-10,15-17,19H,11-14,18H2,1-3H3,(H,37,42). The van der Waals surface area contributed by atoms with Gasteiger partial charge in [-0.15, -0.1) is 0 Å². The van der Waals surface area contributed by atoms with Gasteiger partial charge in [0.15, 0.2) is 5.82 Å². The predicted octanol–water partition coefficient (Wildman–Crippen LogP) is 6.35. The Balaban J connectivity index is 1.25. The first-order valence-corrected chi connectivity index (χ1v) is 14.1. The number of halogens is 3. The Morgan fingerprint density at radius 2 is 1.82 bits per heavy atom. The molecule has 1 fully saturated rings. The van der Waals surface area contributed by atoms with Gasteiger partial charge in [-0.25, -0.2) is 4.98 Å². The molecule has 2 aromatic carbocycles. The summed E-state index contributed by atoms with van der Waals surface area (Å²) in [6, 6.07) is 12.5. The maximum atomic E-state index is 14.1. The van der Waals surface area contributed by atoms with Gasteiger partial charge in [-0.1, -0.05) is 12.1 Å². The number of piperazine rings is 1. The average Bonchev–Trinajstić information content (AvgIpc) is 3.66. The highest BCUT2D eigenvalue weighted by molar-refractivity contribution is 6.05. The van der Waals surface area contributed by atoms with Crippen molar-refractivity contribution in [3.05, 3.63) is 89.5 Å². The number of benzene rings is 2. The third-order valence-electron chi connectivity index (χ3n) is 7.81. The minimum absolute atomic E-state index is 0.0868. The number of anilines is 1. The predicted molar refractivity (Wildman–Crippen MR) is 160 cm³/mol. The minimum atomic E-state index is -4.60. The highest BCUT2D eigenvalue weighted by Crippen LogP contribution is 2.35. The number of fused-ring (bicyclic) bond motifs is 1. The fraction of sp³-hybridized carbons (Fsp3) is 0.281. The number of furan rings is 1. The van der Waals surface area contributed by atoms with Crippen molar-refractivity contribution in [2.24, 2.45) is 7.05 Å². The van der Waals surface area contributed by atoms with Gasteiger partial charge in [-0.05, 0) is 55.4 Å². The first kappa shape index (κ1) is 29.4. The molecule has 9 nitrogen and oxygen atoms in total. The molecule has 0 spiro atoms. The van der Waals surface area contributed by atoms with Crippen LogP contribution in [0.4, 0.5) is 18.9 Å². The van der Waals surface area contributed by atoms with Gasteiger partial charge in [0.05, 0.1) is 22.9 Å². The second kappa shape index (κ2) is 11.8. The summed E-state index contributed by atoms with van der Waals surface area (Å²) in [7, 11) is 3.84. The topological polar surface area (TPSA) is 88.7 Å². The number of rotatable bonds is 7. The number of likely N-dealkylation sites (N-methyl/N-ethyl adjacent to an activating group) is 1. The Hall–Kier alpha value is -4.68. The number of nitrogens with one attached hydrogen (secondary N) is 1. The van der Waals surface area contributed by atoms with Crippen molar-refractivity contribution in [2.75, 3.05) is 38.5 Å². The molecule has 4 heterocycles. The second-order valence-electron chi connectivity index (χ2n) is 11.0. The molecule has 0 bridgehead atoms. The summed E-state index contributed by atoms with van der Waals surface area (Å²) in [6.45, 7) is 4.91. The molecule has 1 aliphatic heterocycles. The molecular formula is C32H31F3N6O3. The fourth-order valence-electron chi connectivity index (χ4n) is 5.22. The zero-order chi connectivity index (χ0) is 31.0. The molecule has 0 aliphatic carbocycles. The maximum Gasteiger partial charge on any atom is 0.416 e. The van der Waals surface area contributed by atoms with Crippen molar-refractivity contribution in [1.82, 2.24) is 24.3 Å². The smallest absolute Gasteiger partial charge is 0.416 e. The maximum absolute atomic E-state index is 14.1. The lowest BCUT2D eigenvalue weighted by Gasteiger charge is -2.33. The van der Waals surface area contributed by atoms with Crippen LogP contribution in [-0.2, 0) is 19.8 Å². The number of hydrogen-bond donors (Lipinski definition) is 1. The van der Waals surface area contributed by atoms with Gasteiger partial charge in [0, 0.05) is 63.3 Å². The number of hydrogen-bond acceptors (Lipinski definition) is 7. The number of carbonyl (C=O) groups excluding carboxylic acids is 1. The van der Waals surface area contributed by atoms with Gasteiger partial charge in [-0.3, -0.25) is 9.69 Å². The van der Waals surface area contributed by atoms with E-state index in [0.29, 0.717) is 58.4 Å². The molecule has 5 aromatic rings. The van der Waals surface area contributed by atoms with Crippen molar-refractivity contribution < 1.29 is 27.1 Å². The van der Waals surface area contributed by atoms with E-state index in [4.69, 9.17) is 9.15 Å². The molecule has 1 N–H and O–H groups in total. The minimum Gasteiger partial charge on any atom is -0.472 e. The molecule has 0 radical (unpaired) electrons. The van der Waals surface area contributed by atoms with E-state index in [1.165, 1.54) is 24.7 Å². The monoisotopic (exact) mass is 604 g/mol. The van der Waals surface area contributed by atoms with E-state index in [0.717, 1.165) is 19.2 Å². The third kappa shape index (κ3) is 6.17. The summed E-state index contributed by atoms with van der Waals surface area (Å²) >= 11 is 0. The third-order valence-corrected chi connectivity index (χ3v) is 7.81. The van der Waals surface area contributed by atoms with Crippen LogP contribution in [0.1, 0.15) is 27.0 Å². The van der Waals surface area contributed by atoms with Gasteiger partial charge >= 0.3 is 6.18 Å². The Labute approximate surface area is 251 Å². The molecule has 1 amide bonds. The normalized spacial score (nSPS) is 14.7. The van der Waals surface area contributed by atoms with Crippen LogP contribution in [0.15, 0.2) is 71.7 Å². The summed E-state index contributed by atoms with van der Waals surface area (Å²) in [5.41, 5.74) is 2.39. The molecule has 44 heavy (non-hydrogen) atoms. The Kier molecular flexibility index (Phi) is 7.87. The van der Waals surface area contributed by atoms with E-state index in [2.05, 4.69) is 20.2 Å². The number of carbonyl (C=O) groups is 1. The first-order chi connectivity index (χ1) is 21.0. The van der Waals surface area contributed by atoms with Gasteiger partial charge in [0.25, 0.3) is 5.91 Å². The summed E-state index contributed by atoms with van der Waals surface area (Å²) in [5.74, 6) is 0.440. The van der Waals surface area contributed by atoms with Crippen LogP contribution in [0.25, 0.3) is 22.4 Å². The first-order valence-electron chi connectivity index (χ1n) is 14.1. The number of alkyl halides is 3. The van der Waals surface area contributed by atoms with Gasteiger partial charge in [-0.2, -0.15) is 18.2 Å². The van der Waals surface area contributed by atoms with Gasteiger partial charge < -0.3 is 23.9 Å². The Bertz CT molecular complexity index is 1810. The number of amides is 1. The Morgan fingerprint density at radius 1 is 1.02 bits per heavy atom.